The number of aromatic nitrogens is 3. The van der Waals surface area contributed by atoms with E-state index in [2.05, 4.69) is 121 Å². The maximum Gasteiger partial charge on any atom is 0.0516 e. The Morgan fingerprint density at radius 2 is 1.25 bits per heavy atom. The molecule has 0 saturated heterocycles. The fraction of sp³-hybridized carbons (Fsp3) is 0.150. The molecule has 0 spiro atoms. The van der Waals surface area contributed by atoms with Gasteiger partial charge in [-0.3, -0.25) is 0 Å². The van der Waals surface area contributed by atoms with Gasteiger partial charge in [-0.05, 0) is 70.4 Å². The molecular formula is C40H33IrN3-2. The van der Waals surface area contributed by atoms with Gasteiger partial charge in [-0.2, -0.15) is 0 Å². The zero-order valence-corrected chi connectivity index (χ0v) is 28.0. The fourth-order valence-electron chi connectivity index (χ4n) is 5.83. The van der Waals surface area contributed by atoms with Gasteiger partial charge in [0.1, 0.15) is 0 Å². The molecular weight excluding hydrogens is 715 g/mol. The Balaban J connectivity index is 0.000000207. The van der Waals surface area contributed by atoms with Crippen molar-refractivity contribution in [1.82, 2.24) is 14.4 Å². The standard InChI is InChI=1S/C28H23N2.C12H10N.Ir/c1-17-9-11-24(29-16-17)18-10-12-26-21(13-18)23-15-19(28(2,3)4)14-22-20-7-5-6-8-25(20)30(26)27(22)23;1-10-7-8-12(13-9-10)11-5-3-2-4-6-11;/h5-9,11-16H,1-4H3;2-5,7-9H,1H3;/q2*-1;. The van der Waals surface area contributed by atoms with Crippen molar-refractivity contribution in [1.29, 1.82) is 0 Å². The molecule has 0 aliphatic carbocycles. The molecule has 0 unspecified atom stereocenters. The fourth-order valence-corrected chi connectivity index (χ4v) is 5.83. The summed E-state index contributed by atoms with van der Waals surface area (Å²) in [7, 11) is 0. The molecule has 0 atom stereocenters. The number of hydrogen-bond acceptors (Lipinski definition) is 2. The van der Waals surface area contributed by atoms with E-state index < -0.39 is 0 Å². The first kappa shape index (κ1) is 29.7. The third kappa shape index (κ3) is 5.30. The molecule has 0 bridgehead atoms. The smallest absolute Gasteiger partial charge is 0.0516 e. The first-order valence-corrected chi connectivity index (χ1v) is 14.7. The van der Waals surface area contributed by atoms with Crippen molar-refractivity contribution < 1.29 is 20.1 Å². The third-order valence-corrected chi connectivity index (χ3v) is 8.18. The van der Waals surface area contributed by atoms with Gasteiger partial charge in [-0.15, -0.1) is 59.7 Å². The van der Waals surface area contributed by atoms with E-state index in [0.29, 0.717) is 0 Å². The minimum Gasteiger partial charge on any atom is -0.350 e. The second-order valence-corrected chi connectivity index (χ2v) is 12.4. The minimum atomic E-state index is 0. The Bertz CT molecular complexity index is 2210. The molecule has 8 rings (SSSR count). The van der Waals surface area contributed by atoms with Crippen molar-refractivity contribution in [3.63, 3.8) is 0 Å². The van der Waals surface area contributed by atoms with Gasteiger partial charge in [0.05, 0.1) is 5.52 Å². The Morgan fingerprint density at radius 1 is 0.614 bits per heavy atom. The molecule has 4 aromatic carbocycles. The van der Waals surface area contributed by atoms with Gasteiger partial charge < -0.3 is 14.4 Å². The molecule has 4 aromatic heterocycles. The average molecular weight is 748 g/mol. The Kier molecular flexibility index (Phi) is 7.84. The number of fused-ring (bicyclic) bond motifs is 6. The van der Waals surface area contributed by atoms with Crippen molar-refractivity contribution in [2.75, 3.05) is 0 Å². The van der Waals surface area contributed by atoms with Crippen molar-refractivity contribution in [2.24, 2.45) is 0 Å². The molecule has 0 saturated carbocycles. The second kappa shape index (κ2) is 11.6. The van der Waals surface area contributed by atoms with Gasteiger partial charge in [-0.1, -0.05) is 74.7 Å². The van der Waals surface area contributed by atoms with Crippen LogP contribution in [0.25, 0.3) is 60.6 Å². The van der Waals surface area contributed by atoms with E-state index in [1.165, 1.54) is 54.8 Å². The van der Waals surface area contributed by atoms with Crippen LogP contribution in [0.3, 0.4) is 0 Å². The predicted molar refractivity (Wildman–Crippen MR) is 180 cm³/mol. The van der Waals surface area contributed by atoms with E-state index >= 15 is 0 Å². The molecule has 0 N–H and O–H groups in total. The molecule has 44 heavy (non-hydrogen) atoms. The largest absolute Gasteiger partial charge is 0.350 e. The van der Waals surface area contributed by atoms with E-state index in [0.717, 1.165) is 22.5 Å². The molecule has 0 aliphatic rings. The Hall–Kier alpha value is -4.37. The van der Waals surface area contributed by atoms with E-state index in [-0.39, 0.29) is 25.5 Å². The van der Waals surface area contributed by atoms with Gasteiger partial charge in [0.25, 0.3) is 0 Å². The van der Waals surface area contributed by atoms with Crippen molar-refractivity contribution in [2.45, 2.75) is 40.0 Å². The van der Waals surface area contributed by atoms with Crippen LogP contribution in [0, 0.1) is 26.0 Å². The van der Waals surface area contributed by atoms with Crippen LogP contribution in [0.1, 0.15) is 37.5 Å². The van der Waals surface area contributed by atoms with Crippen LogP contribution in [0.5, 0.6) is 0 Å². The van der Waals surface area contributed by atoms with E-state index in [1.54, 1.807) is 0 Å². The first-order chi connectivity index (χ1) is 20.8. The second-order valence-electron chi connectivity index (χ2n) is 12.4. The summed E-state index contributed by atoms with van der Waals surface area (Å²) in [5, 5.41) is 5.22. The van der Waals surface area contributed by atoms with E-state index in [1.807, 2.05) is 49.6 Å². The van der Waals surface area contributed by atoms with Crippen LogP contribution in [0.4, 0.5) is 0 Å². The molecule has 219 valence electrons. The summed E-state index contributed by atoms with van der Waals surface area (Å²) >= 11 is 0. The number of rotatable bonds is 2. The van der Waals surface area contributed by atoms with Crippen molar-refractivity contribution in [3.8, 4) is 22.5 Å². The van der Waals surface area contributed by atoms with E-state index in [4.69, 9.17) is 0 Å². The first-order valence-electron chi connectivity index (χ1n) is 14.7. The molecule has 8 aromatic rings. The quantitative estimate of drug-likeness (QED) is 0.165. The summed E-state index contributed by atoms with van der Waals surface area (Å²) in [5.41, 5.74) is 11.6. The molecule has 4 heteroatoms. The SMILES string of the molecule is Cc1ccc(-c2[c-]cc3c(c2)c2cc(C(C)(C)C)cc4c5ccccc5n3c24)nc1.Cc1ccc(-c2[c-]cccc2)nc1.[Ir]. The summed E-state index contributed by atoms with van der Waals surface area (Å²) in [4.78, 5) is 8.95. The summed E-state index contributed by atoms with van der Waals surface area (Å²) < 4.78 is 2.41. The summed E-state index contributed by atoms with van der Waals surface area (Å²) in [6.45, 7) is 11.0. The minimum absolute atomic E-state index is 0. The summed E-state index contributed by atoms with van der Waals surface area (Å²) in [6, 6.07) is 40.7. The summed E-state index contributed by atoms with van der Waals surface area (Å²) in [6.07, 6.45) is 3.79. The third-order valence-electron chi connectivity index (χ3n) is 8.18. The van der Waals surface area contributed by atoms with Gasteiger partial charge >= 0.3 is 0 Å². The van der Waals surface area contributed by atoms with E-state index in [9.17, 15) is 0 Å². The van der Waals surface area contributed by atoms with Gasteiger partial charge in [0.15, 0.2) is 0 Å². The zero-order valence-electron chi connectivity index (χ0n) is 25.6. The maximum atomic E-state index is 4.63. The van der Waals surface area contributed by atoms with Crippen LogP contribution in [0.15, 0.2) is 109 Å². The Labute approximate surface area is 272 Å². The number of aryl methyl sites for hydroxylation is 2. The topological polar surface area (TPSA) is 30.2 Å². The van der Waals surface area contributed by atoms with Crippen molar-refractivity contribution >= 4 is 38.1 Å². The van der Waals surface area contributed by atoms with Crippen LogP contribution in [-0.4, -0.2) is 14.4 Å². The van der Waals surface area contributed by atoms with Gasteiger partial charge in [-0.25, -0.2) is 0 Å². The molecule has 3 nitrogen and oxygen atoms in total. The molecule has 0 amide bonds. The van der Waals surface area contributed by atoms with Crippen LogP contribution < -0.4 is 0 Å². The number of pyridine rings is 2. The average Bonchev–Trinajstić information content (AvgIpc) is 3.53. The molecule has 4 heterocycles. The van der Waals surface area contributed by atoms with Gasteiger partial charge in [0.2, 0.25) is 0 Å². The Morgan fingerprint density at radius 3 is 1.86 bits per heavy atom. The van der Waals surface area contributed by atoms with Crippen LogP contribution in [-0.2, 0) is 25.5 Å². The van der Waals surface area contributed by atoms with Gasteiger partial charge in [0, 0.05) is 48.8 Å². The number of nitrogens with zero attached hydrogens (tertiary/aromatic N) is 3. The number of hydrogen-bond donors (Lipinski definition) is 0. The molecule has 1 radical (unpaired) electrons. The van der Waals surface area contributed by atoms with Crippen LogP contribution in [0.2, 0.25) is 0 Å². The number of benzene rings is 4. The van der Waals surface area contributed by atoms with Crippen LogP contribution >= 0.6 is 0 Å². The predicted octanol–water partition coefficient (Wildman–Crippen LogP) is 10.2. The monoisotopic (exact) mass is 748 g/mol. The maximum absolute atomic E-state index is 4.63. The summed E-state index contributed by atoms with van der Waals surface area (Å²) in [5.74, 6) is 0. The normalized spacial score (nSPS) is 11.6. The zero-order chi connectivity index (χ0) is 29.7. The molecule has 0 fully saturated rings. The molecule has 0 aliphatic heterocycles. The number of para-hydroxylation sites is 1. The van der Waals surface area contributed by atoms with Crippen molar-refractivity contribution in [3.05, 3.63) is 138 Å².